The van der Waals surface area contributed by atoms with Crippen LogP contribution in [-0.4, -0.2) is 17.4 Å². The number of hydrogen-bond donors (Lipinski definition) is 2. The molecule has 0 aliphatic heterocycles. The van der Waals surface area contributed by atoms with Gasteiger partial charge >= 0.3 is 0 Å². The van der Waals surface area contributed by atoms with E-state index in [1.807, 2.05) is 36.4 Å². The van der Waals surface area contributed by atoms with E-state index in [1.165, 1.54) is 4.88 Å². The van der Waals surface area contributed by atoms with E-state index in [-0.39, 0.29) is 23.9 Å². The van der Waals surface area contributed by atoms with Crippen molar-refractivity contribution in [1.29, 1.82) is 0 Å². The van der Waals surface area contributed by atoms with Crippen molar-refractivity contribution in [2.24, 2.45) is 5.41 Å². The SMILES string of the molecule is CC(C)(C)C(NCC(=O)Nc1cccc(CSc2ccccn2)c1)c1cccs1. The third-order valence-corrected chi connectivity index (χ3v) is 6.35. The molecule has 3 aromatic rings. The summed E-state index contributed by atoms with van der Waals surface area (Å²) in [5.74, 6) is 0.772. The van der Waals surface area contributed by atoms with Crippen molar-refractivity contribution in [3.05, 3.63) is 76.6 Å². The summed E-state index contributed by atoms with van der Waals surface area (Å²) in [6.45, 7) is 6.83. The Morgan fingerprint density at radius 2 is 2.00 bits per heavy atom. The number of carbonyl (C=O) groups excluding carboxylic acids is 1. The van der Waals surface area contributed by atoms with Crippen molar-refractivity contribution in [3.63, 3.8) is 0 Å². The van der Waals surface area contributed by atoms with Crippen LogP contribution in [0.2, 0.25) is 0 Å². The topological polar surface area (TPSA) is 54.0 Å². The zero-order valence-corrected chi connectivity index (χ0v) is 18.6. The Balaban J connectivity index is 1.55. The van der Waals surface area contributed by atoms with Crippen LogP contribution in [0.5, 0.6) is 0 Å². The number of nitrogens with one attached hydrogen (secondary N) is 2. The second-order valence-corrected chi connectivity index (χ2v) is 9.88. The Bertz CT molecular complexity index is 905. The fraction of sp³-hybridized carbons (Fsp3) is 0.304. The average molecular weight is 426 g/mol. The Morgan fingerprint density at radius 1 is 1.14 bits per heavy atom. The first-order chi connectivity index (χ1) is 13.9. The van der Waals surface area contributed by atoms with Gasteiger partial charge in [0.05, 0.1) is 11.6 Å². The normalized spacial score (nSPS) is 12.5. The highest BCUT2D eigenvalue weighted by molar-refractivity contribution is 7.98. The molecule has 0 spiro atoms. The van der Waals surface area contributed by atoms with Crippen LogP contribution in [0, 0.1) is 5.41 Å². The highest BCUT2D eigenvalue weighted by atomic mass is 32.2. The molecule has 0 fully saturated rings. The summed E-state index contributed by atoms with van der Waals surface area (Å²) in [5, 5.41) is 9.51. The highest BCUT2D eigenvalue weighted by Gasteiger charge is 2.27. The molecular weight excluding hydrogens is 398 g/mol. The summed E-state index contributed by atoms with van der Waals surface area (Å²) in [4.78, 5) is 18.1. The molecule has 2 aromatic heterocycles. The van der Waals surface area contributed by atoms with E-state index < -0.39 is 0 Å². The summed E-state index contributed by atoms with van der Waals surface area (Å²) in [6.07, 6.45) is 1.80. The minimum atomic E-state index is -0.0367. The summed E-state index contributed by atoms with van der Waals surface area (Å²) in [6, 6.07) is 18.2. The Morgan fingerprint density at radius 3 is 2.69 bits per heavy atom. The molecule has 0 aliphatic rings. The van der Waals surface area contributed by atoms with E-state index >= 15 is 0 Å². The predicted molar refractivity (Wildman–Crippen MR) is 123 cm³/mol. The lowest BCUT2D eigenvalue weighted by Crippen LogP contribution is -2.37. The van der Waals surface area contributed by atoms with Crippen LogP contribution in [0.15, 0.2) is 71.2 Å². The molecule has 6 heteroatoms. The van der Waals surface area contributed by atoms with E-state index in [0.717, 1.165) is 22.0 Å². The number of aromatic nitrogens is 1. The van der Waals surface area contributed by atoms with Gasteiger partial charge in [0, 0.05) is 28.6 Å². The fourth-order valence-electron chi connectivity index (χ4n) is 3.02. The van der Waals surface area contributed by atoms with Crippen molar-refractivity contribution in [2.45, 2.75) is 37.6 Å². The number of thiophene rings is 1. The maximum absolute atomic E-state index is 12.5. The van der Waals surface area contributed by atoms with Crippen LogP contribution >= 0.6 is 23.1 Å². The Hall–Kier alpha value is -2.15. The first kappa shape index (κ1) is 21.6. The van der Waals surface area contributed by atoms with Crippen LogP contribution in [0.3, 0.4) is 0 Å². The van der Waals surface area contributed by atoms with Crippen molar-refractivity contribution < 1.29 is 4.79 Å². The minimum absolute atomic E-state index is 0.0216. The lowest BCUT2D eigenvalue weighted by Gasteiger charge is -2.30. The molecule has 1 atom stereocenters. The lowest BCUT2D eigenvalue weighted by molar-refractivity contribution is -0.115. The molecule has 1 aromatic carbocycles. The van der Waals surface area contributed by atoms with Gasteiger partial charge in [-0.2, -0.15) is 0 Å². The van der Waals surface area contributed by atoms with E-state index in [1.54, 1.807) is 29.3 Å². The minimum Gasteiger partial charge on any atom is -0.325 e. The van der Waals surface area contributed by atoms with E-state index in [2.05, 4.69) is 60.0 Å². The lowest BCUT2D eigenvalue weighted by atomic mass is 9.86. The molecule has 0 radical (unpaired) electrons. The quantitative estimate of drug-likeness (QED) is 0.451. The van der Waals surface area contributed by atoms with E-state index in [4.69, 9.17) is 0 Å². The van der Waals surface area contributed by atoms with Crippen LogP contribution in [0.25, 0.3) is 0 Å². The van der Waals surface area contributed by atoms with Gasteiger partial charge in [0.25, 0.3) is 0 Å². The number of nitrogens with zero attached hydrogens (tertiary/aromatic N) is 1. The molecule has 0 saturated carbocycles. The number of carbonyl (C=O) groups is 1. The number of thioether (sulfide) groups is 1. The van der Waals surface area contributed by atoms with Gasteiger partial charge in [0.2, 0.25) is 5.91 Å². The number of hydrogen-bond acceptors (Lipinski definition) is 5. The number of anilines is 1. The number of benzene rings is 1. The summed E-state index contributed by atoms with van der Waals surface area (Å²) in [5.41, 5.74) is 1.99. The maximum atomic E-state index is 12.5. The Kier molecular flexibility index (Phi) is 7.47. The summed E-state index contributed by atoms with van der Waals surface area (Å²) >= 11 is 3.40. The van der Waals surface area contributed by atoms with Crippen LogP contribution in [-0.2, 0) is 10.5 Å². The third kappa shape index (κ3) is 6.70. The van der Waals surface area contributed by atoms with Gasteiger partial charge in [-0.1, -0.05) is 45.0 Å². The van der Waals surface area contributed by atoms with Gasteiger partial charge in [0.1, 0.15) is 0 Å². The number of amides is 1. The molecule has 2 heterocycles. The van der Waals surface area contributed by atoms with Gasteiger partial charge < -0.3 is 10.6 Å². The van der Waals surface area contributed by atoms with Crippen LogP contribution < -0.4 is 10.6 Å². The molecule has 0 saturated heterocycles. The molecule has 2 N–H and O–H groups in total. The van der Waals surface area contributed by atoms with Gasteiger partial charge in [-0.3, -0.25) is 4.79 Å². The monoisotopic (exact) mass is 425 g/mol. The summed E-state index contributed by atoms with van der Waals surface area (Å²) < 4.78 is 0. The molecule has 0 bridgehead atoms. The molecule has 3 rings (SSSR count). The molecule has 1 unspecified atom stereocenters. The first-order valence-electron chi connectivity index (χ1n) is 9.61. The number of rotatable bonds is 8. The van der Waals surface area contributed by atoms with E-state index in [9.17, 15) is 4.79 Å². The Labute approximate surface area is 181 Å². The third-order valence-electron chi connectivity index (χ3n) is 4.40. The molecule has 4 nitrogen and oxygen atoms in total. The fourth-order valence-corrected chi connectivity index (χ4v) is 4.87. The molecule has 1 amide bonds. The maximum Gasteiger partial charge on any atom is 0.238 e. The van der Waals surface area contributed by atoms with Gasteiger partial charge in [0.15, 0.2) is 0 Å². The van der Waals surface area contributed by atoms with Gasteiger partial charge in [-0.15, -0.1) is 23.1 Å². The van der Waals surface area contributed by atoms with Crippen molar-refractivity contribution in [3.8, 4) is 0 Å². The highest BCUT2D eigenvalue weighted by Crippen LogP contribution is 2.34. The van der Waals surface area contributed by atoms with Gasteiger partial charge in [-0.25, -0.2) is 4.98 Å². The molecule has 29 heavy (non-hydrogen) atoms. The van der Waals surface area contributed by atoms with Crippen LogP contribution in [0.1, 0.15) is 37.3 Å². The summed E-state index contributed by atoms with van der Waals surface area (Å²) in [7, 11) is 0. The van der Waals surface area contributed by atoms with Gasteiger partial charge in [-0.05, 0) is 46.7 Å². The second kappa shape index (κ2) is 10.1. The second-order valence-electron chi connectivity index (χ2n) is 7.90. The van der Waals surface area contributed by atoms with Crippen LogP contribution in [0.4, 0.5) is 5.69 Å². The van der Waals surface area contributed by atoms with E-state index in [0.29, 0.717) is 0 Å². The van der Waals surface area contributed by atoms with Crippen molar-refractivity contribution in [1.82, 2.24) is 10.3 Å². The largest absolute Gasteiger partial charge is 0.325 e. The molecular formula is C23H27N3OS2. The first-order valence-corrected chi connectivity index (χ1v) is 11.5. The smallest absolute Gasteiger partial charge is 0.238 e. The predicted octanol–water partition coefficient (Wildman–Crippen LogP) is 5.75. The zero-order valence-electron chi connectivity index (χ0n) is 17.0. The zero-order chi connectivity index (χ0) is 20.7. The standard InChI is InChI=1S/C23H27N3OS2/c1-23(2,3)22(19-10-7-13-28-19)25-15-20(27)26-18-9-6-8-17(14-18)16-29-21-11-4-5-12-24-21/h4-14,22,25H,15-16H2,1-3H3,(H,26,27). The number of pyridine rings is 1. The molecule has 152 valence electrons. The average Bonchev–Trinajstić information content (AvgIpc) is 3.21. The van der Waals surface area contributed by atoms with Crippen molar-refractivity contribution >= 4 is 34.7 Å². The molecule has 0 aliphatic carbocycles. The van der Waals surface area contributed by atoms with Crippen molar-refractivity contribution in [2.75, 3.05) is 11.9 Å².